The fourth-order valence-corrected chi connectivity index (χ4v) is 5.13. The van der Waals surface area contributed by atoms with Crippen molar-refractivity contribution in [1.29, 1.82) is 0 Å². The lowest BCUT2D eigenvalue weighted by molar-refractivity contribution is 0.0123. The normalized spacial score (nSPS) is 18.4. The third-order valence-electron chi connectivity index (χ3n) is 6.68. The van der Waals surface area contributed by atoms with Gasteiger partial charge in [0.2, 0.25) is 18.0 Å². The minimum Gasteiger partial charge on any atom is -0.493 e. The predicted octanol–water partition coefficient (Wildman–Crippen LogP) is 3.67. The van der Waals surface area contributed by atoms with Crippen molar-refractivity contribution >= 4 is 12.1 Å². The van der Waals surface area contributed by atoms with Crippen LogP contribution in [-0.4, -0.2) is 54.4 Å². The maximum Gasteiger partial charge on any atom is 0.510 e. The lowest BCUT2D eigenvalue weighted by atomic mass is 9.95. The standard InChI is InChI=1S/C28H29N3O7/c1-18(2)30-23-14-16-36-22-12-8-7-11-20(22)24(19-9-5-4-6-10-19)31(23)29-15-13-21(32)26(25(29)27(30)33)37-17-38-28(34)35-3/h4-13,15,18,23-24H,14,16-17H2,1-3H3/t23-,24+/m0/s1. The second-order valence-electron chi connectivity index (χ2n) is 9.22. The molecule has 2 aliphatic heterocycles. The summed E-state index contributed by atoms with van der Waals surface area (Å²) < 4.78 is 22.8. The number of nitrogens with zero attached hydrogens (tertiary/aromatic N) is 3. The van der Waals surface area contributed by atoms with E-state index < -0.39 is 24.5 Å². The zero-order valence-electron chi connectivity index (χ0n) is 21.4. The number of ether oxygens (including phenoxy) is 4. The number of fused-ring (bicyclic) bond motifs is 4. The first-order valence-electron chi connectivity index (χ1n) is 12.4. The van der Waals surface area contributed by atoms with Crippen molar-refractivity contribution in [2.45, 2.75) is 38.5 Å². The Labute approximate surface area is 219 Å². The number of carbonyl (C=O) groups excluding carboxylic acids is 2. The molecule has 2 aliphatic rings. The van der Waals surface area contributed by atoms with E-state index in [4.69, 9.17) is 14.2 Å². The number of hydrogen-bond donors (Lipinski definition) is 0. The number of carbonyl (C=O) groups is 2. The summed E-state index contributed by atoms with van der Waals surface area (Å²) in [5, 5.41) is 2.10. The molecule has 0 aliphatic carbocycles. The molecule has 1 aromatic heterocycles. The average molecular weight is 520 g/mol. The van der Waals surface area contributed by atoms with E-state index in [0.717, 1.165) is 16.9 Å². The van der Waals surface area contributed by atoms with Gasteiger partial charge in [0.15, 0.2) is 5.69 Å². The number of methoxy groups -OCH3 is 1. The summed E-state index contributed by atoms with van der Waals surface area (Å²) in [6, 6.07) is 18.5. The van der Waals surface area contributed by atoms with Gasteiger partial charge in [-0.05, 0) is 25.5 Å². The third kappa shape index (κ3) is 4.42. The molecule has 0 fully saturated rings. The molecule has 0 radical (unpaired) electrons. The summed E-state index contributed by atoms with van der Waals surface area (Å²) >= 11 is 0. The van der Waals surface area contributed by atoms with Crippen LogP contribution >= 0.6 is 0 Å². The van der Waals surface area contributed by atoms with Gasteiger partial charge in [0.1, 0.15) is 18.0 Å². The Morgan fingerprint density at radius 1 is 1.05 bits per heavy atom. The molecule has 10 nitrogen and oxygen atoms in total. The zero-order chi connectivity index (χ0) is 26.8. The van der Waals surface area contributed by atoms with Crippen molar-refractivity contribution in [3.63, 3.8) is 0 Å². The molecule has 0 spiro atoms. The highest BCUT2D eigenvalue weighted by atomic mass is 16.8. The predicted molar refractivity (Wildman–Crippen MR) is 138 cm³/mol. The Morgan fingerprint density at radius 3 is 2.53 bits per heavy atom. The number of rotatable bonds is 5. The van der Waals surface area contributed by atoms with E-state index >= 15 is 0 Å². The van der Waals surface area contributed by atoms with Crippen molar-refractivity contribution in [3.05, 3.63) is 93.9 Å². The fraction of sp³-hybridized carbons (Fsp3) is 0.321. The minimum atomic E-state index is -0.963. The quantitative estimate of drug-likeness (QED) is 0.372. The molecule has 3 aromatic rings. The number of amides is 1. The van der Waals surface area contributed by atoms with E-state index in [1.165, 1.54) is 13.2 Å². The second kappa shape index (κ2) is 10.5. The van der Waals surface area contributed by atoms with Crippen LogP contribution in [0.15, 0.2) is 71.7 Å². The zero-order valence-corrected chi connectivity index (χ0v) is 21.4. The Bertz CT molecular complexity index is 1390. The van der Waals surface area contributed by atoms with E-state index in [9.17, 15) is 14.4 Å². The SMILES string of the molecule is COC(=O)OCOc1c2n(ccc1=O)N1[C@H](c3ccccc3)c3ccccc3OCC[C@H]1N(C(C)C)C2=O. The Morgan fingerprint density at radius 2 is 1.79 bits per heavy atom. The lowest BCUT2D eigenvalue weighted by Gasteiger charge is -2.52. The maximum absolute atomic E-state index is 14.0. The van der Waals surface area contributed by atoms with Crippen LogP contribution in [0.4, 0.5) is 4.79 Å². The monoisotopic (exact) mass is 519 g/mol. The van der Waals surface area contributed by atoms with E-state index in [1.807, 2.05) is 68.4 Å². The summed E-state index contributed by atoms with van der Waals surface area (Å²) in [5.74, 6) is 0.176. The summed E-state index contributed by atoms with van der Waals surface area (Å²) in [6.07, 6.45) is 0.759. The van der Waals surface area contributed by atoms with E-state index in [2.05, 4.69) is 9.75 Å². The van der Waals surface area contributed by atoms with Crippen LogP contribution in [0.5, 0.6) is 11.5 Å². The number of hydrogen-bond acceptors (Lipinski definition) is 8. The number of para-hydroxylation sites is 1. The summed E-state index contributed by atoms with van der Waals surface area (Å²) in [4.78, 5) is 40.2. The molecule has 0 bridgehead atoms. The van der Waals surface area contributed by atoms with Gasteiger partial charge in [-0.1, -0.05) is 48.5 Å². The van der Waals surface area contributed by atoms with Gasteiger partial charge in [0, 0.05) is 30.3 Å². The Balaban J connectivity index is 1.74. The molecule has 0 unspecified atom stereocenters. The van der Waals surface area contributed by atoms with E-state index in [1.54, 1.807) is 15.8 Å². The maximum atomic E-state index is 14.0. The van der Waals surface area contributed by atoms with Crippen LogP contribution in [-0.2, 0) is 9.47 Å². The van der Waals surface area contributed by atoms with Gasteiger partial charge in [-0.25, -0.2) is 4.79 Å². The van der Waals surface area contributed by atoms with Crippen molar-refractivity contribution in [3.8, 4) is 11.5 Å². The highest BCUT2D eigenvalue weighted by molar-refractivity contribution is 5.97. The first-order valence-corrected chi connectivity index (χ1v) is 12.4. The van der Waals surface area contributed by atoms with Gasteiger partial charge in [0.05, 0.1) is 13.7 Å². The van der Waals surface area contributed by atoms with Crippen molar-refractivity contribution < 1.29 is 28.5 Å². The number of aromatic nitrogens is 1. The van der Waals surface area contributed by atoms with Crippen LogP contribution in [0, 0.1) is 0 Å². The Hall–Kier alpha value is -4.47. The molecule has 2 aromatic carbocycles. The van der Waals surface area contributed by atoms with E-state index in [0.29, 0.717) is 13.0 Å². The highest BCUT2D eigenvalue weighted by Crippen LogP contribution is 2.41. The fourth-order valence-electron chi connectivity index (χ4n) is 5.13. The van der Waals surface area contributed by atoms with Crippen LogP contribution in [0.1, 0.15) is 47.9 Å². The molecule has 0 saturated heterocycles. The lowest BCUT2D eigenvalue weighted by Crippen LogP contribution is -2.64. The third-order valence-corrected chi connectivity index (χ3v) is 6.68. The molecular weight excluding hydrogens is 490 g/mol. The molecule has 3 heterocycles. The number of pyridine rings is 1. The van der Waals surface area contributed by atoms with Gasteiger partial charge < -0.3 is 23.8 Å². The molecule has 0 saturated carbocycles. The smallest absolute Gasteiger partial charge is 0.493 e. The van der Waals surface area contributed by atoms with Crippen molar-refractivity contribution in [2.24, 2.45) is 0 Å². The van der Waals surface area contributed by atoms with Gasteiger partial charge in [-0.3, -0.25) is 19.3 Å². The van der Waals surface area contributed by atoms with Gasteiger partial charge in [0.25, 0.3) is 5.91 Å². The average Bonchev–Trinajstić information content (AvgIpc) is 2.91. The molecule has 10 heteroatoms. The van der Waals surface area contributed by atoms with Crippen molar-refractivity contribution in [1.82, 2.24) is 9.58 Å². The molecule has 2 atom stereocenters. The molecule has 1 amide bonds. The highest BCUT2D eigenvalue weighted by Gasteiger charge is 2.45. The largest absolute Gasteiger partial charge is 0.510 e. The Kier molecular flexibility index (Phi) is 6.95. The summed E-state index contributed by atoms with van der Waals surface area (Å²) in [6.45, 7) is 3.66. The van der Waals surface area contributed by atoms with Gasteiger partial charge >= 0.3 is 6.16 Å². The minimum absolute atomic E-state index is 0.0517. The number of benzene rings is 2. The van der Waals surface area contributed by atoms with Crippen LogP contribution in [0.3, 0.4) is 0 Å². The molecule has 198 valence electrons. The van der Waals surface area contributed by atoms with Gasteiger partial charge in [-0.15, -0.1) is 0 Å². The summed E-state index contributed by atoms with van der Waals surface area (Å²) in [7, 11) is 1.17. The second-order valence-corrected chi connectivity index (χ2v) is 9.22. The first-order chi connectivity index (χ1) is 18.4. The van der Waals surface area contributed by atoms with Crippen molar-refractivity contribution in [2.75, 3.05) is 25.5 Å². The van der Waals surface area contributed by atoms with Crippen LogP contribution in [0.25, 0.3) is 0 Å². The topological polar surface area (TPSA) is 99.5 Å². The molecule has 0 N–H and O–H groups in total. The summed E-state index contributed by atoms with van der Waals surface area (Å²) in [5.41, 5.74) is 1.44. The molecular formula is C28H29N3O7. The van der Waals surface area contributed by atoms with Crippen LogP contribution in [0.2, 0.25) is 0 Å². The van der Waals surface area contributed by atoms with Gasteiger partial charge in [-0.2, -0.15) is 0 Å². The van der Waals surface area contributed by atoms with E-state index in [-0.39, 0.29) is 29.4 Å². The van der Waals surface area contributed by atoms with Crippen LogP contribution < -0.4 is 19.9 Å². The molecule has 5 rings (SSSR count). The first kappa shape index (κ1) is 25.2. The molecule has 38 heavy (non-hydrogen) atoms.